The van der Waals surface area contributed by atoms with Crippen molar-refractivity contribution in [2.45, 2.75) is 18.6 Å². The first-order valence-corrected chi connectivity index (χ1v) is 11.9. The molecule has 0 spiro atoms. The number of methoxy groups -OCH3 is 2. The van der Waals surface area contributed by atoms with Gasteiger partial charge in [0.1, 0.15) is 23.3 Å². The summed E-state index contributed by atoms with van der Waals surface area (Å²) in [7, 11) is 3.02. The Labute approximate surface area is 214 Å². The number of benzene rings is 2. The second kappa shape index (κ2) is 10.2. The van der Waals surface area contributed by atoms with Gasteiger partial charge in [-0.2, -0.15) is 0 Å². The number of thiocarbonyl (C=S) groups is 1. The van der Waals surface area contributed by atoms with Crippen LogP contribution in [0.4, 0.5) is 0 Å². The van der Waals surface area contributed by atoms with Crippen molar-refractivity contribution in [3.05, 3.63) is 108 Å². The molecule has 7 nitrogen and oxygen atoms in total. The molecule has 2 aromatic carbocycles. The van der Waals surface area contributed by atoms with E-state index in [1.54, 1.807) is 25.4 Å². The summed E-state index contributed by atoms with van der Waals surface area (Å²) in [5.74, 6) is 1.80. The number of rotatable bonds is 7. The highest BCUT2D eigenvalue weighted by molar-refractivity contribution is 7.80. The maximum atomic E-state index is 12.0. The first-order valence-electron chi connectivity index (χ1n) is 11.5. The standard InChI is InChI=1S/C28H25N3O4S/c1-33-21-11-9-18(10-12-21)17-31-26(25(30-28(31)36)22-8-3-4-15-29-22)24-14-13-23(35-24)19-6-5-7-20(16-19)27(32)34-2/h3-16,25-26H,17H2,1-2H3,(H,30,36)/t25-,26-/m0/s1. The topological polar surface area (TPSA) is 76.8 Å². The fraction of sp³-hybridized carbons (Fsp3) is 0.179. The van der Waals surface area contributed by atoms with E-state index in [0.29, 0.717) is 23.0 Å². The summed E-state index contributed by atoms with van der Waals surface area (Å²) in [6.45, 7) is 0.581. The van der Waals surface area contributed by atoms with Crippen molar-refractivity contribution in [3.8, 4) is 17.1 Å². The zero-order valence-electron chi connectivity index (χ0n) is 19.9. The van der Waals surface area contributed by atoms with E-state index >= 15 is 0 Å². The Morgan fingerprint density at radius 1 is 1.06 bits per heavy atom. The molecule has 0 bridgehead atoms. The largest absolute Gasteiger partial charge is 0.497 e. The summed E-state index contributed by atoms with van der Waals surface area (Å²) < 4.78 is 16.5. The molecule has 1 aliphatic rings. The van der Waals surface area contributed by atoms with Crippen LogP contribution in [0.5, 0.6) is 5.75 Å². The molecule has 3 heterocycles. The van der Waals surface area contributed by atoms with Gasteiger partial charge in [0.05, 0.1) is 31.5 Å². The number of furan rings is 1. The first kappa shape index (κ1) is 23.6. The summed E-state index contributed by atoms with van der Waals surface area (Å²) >= 11 is 5.77. The molecule has 182 valence electrons. The van der Waals surface area contributed by atoms with E-state index in [2.05, 4.69) is 15.2 Å². The SMILES string of the molecule is COC(=O)c1cccc(-c2ccc([C@H]3[C@H](c4ccccn4)NC(=S)N3Cc3ccc(OC)cc3)o2)c1. The number of ether oxygens (including phenoxy) is 2. The van der Waals surface area contributed by atoms with Crippen LogP contribution >= 0.6 is 12.2 Å². The molecule has 5 rings (SSSR count). The third-order valence-electron chi connectivity index (χ3n) is 6.20. The van der Waals surface area contributed by atoms with E-state index < -0.39 is 5.97 Å². The molecular weight excluding hydrogens is 474 g/mol. The normalized spacial score (nSPS) is 17.1. The van der Waals surface area contributed by atoms with Crippen LogP contribution in [0.15, 0.2) is 89.5 Å². The van der Waals surface area contributed by atoms with Crippen LogP contribution in [0.3, 0.4) is 0 Å². The molecular formula is C28H25N3O4S. The Morgan fingerprint density at radius 2 is 1.89 bits per heavy atom. The van der Waals surface area contributed by atoms with Gasteiger partial charge < -0.3 is 24.1 Å². The highest BCUT2D eigenvalue weighted by atomic mass is 32.1. The van der Waals surface area contributed by atoms with Gasteiger partial charge in [0.2, 0.25) is 0 Å². The van der Waals surface area contributed by atoms with Gasteiger partial charge in [-0.05, 0) is 66.3 Å². The molecule has 0 amide bonds. The summed E-state index contributed by atoms with van der Waals surface area (Å²) in [6, 6.07) is 24.4. The van der Waals surface area contributed by atoms with Crippen LogP contribution in [-0.2, 0) is 11.3 Å². The van der Waals surface area contributed by atoms with E-state index in [9.17, 15) is 4.79 Å². The monoisotopic (exact) mass is 499 g/mol. The van der Waals surface area contributed by atoms with Crippen LogP contribution in [0.2, 0.25) is 0 Å². The van der Waals surface area contributed by atoms with Gasteiger partial charge >= 0.3 is 5.97 Å². The van der Waals surface area contributed by atoms with Crippen LogP contribution in [0, 0.1) is 0 Å². The molecule has 2 atom stereocenters. The van der Waals surface area contributed by atoms with Crippen LogP contribution in [0.25, 0.3) is 11.3 Å². The molecule has 1 aliphatic heterocycles. The van der Waals surface area contributed by atoms with Crippen LogP contribution in [0.1, 0.15) is 39.5 Å². The molecule has 0 aliphatic carbocycles. The maximum Gasteiger partial charge on any atom is 0.337 e. The highest BCUT2D eigenvalue weighted by Crippen LogP contribution is 2.41. The molecule has 0 saturated carbocycles. The molecule has 0 radical (unpaired) electrons. The lowest BCUT2D eigenvalue weighted by Crippen LogP contribution is -2.29. The molecule has 8 heteroatoms. The predicted molar refractivity (Wildman–Crippen MR) is 139 cm³/mol. The fourth-order valence-corrected chi connectivity index (χ4v) is 4.70. The van der Waals surface area contributed by atoms with Crippen molar-refractivity contribution in [2.24, 2.45) is 0 Å². The minimum absolute atomic E-state index is 0.197. The van der Waals surface area contributed by atoms with E-state index in [0.717, 1.165) is 28.3 Å². The molecule has 1 N–H and O–H groups in total. The van der Waals surface area contributed by atoms with E-state index in [4.69, 9.17) is 26.1 Å². The number of nitrogens with one attached hydrogen (secondary N) is 1. The van der Waals surface area contributed by atoms with Crippen molar-refractivity contribution < 1.29 is 18.7 Å². The van der Waals surface area contributed by atoms with E-state index in [1.807, 2.05) is 66.7 Å². The van der Waals surface area contributed by atoms with Gasteiger partial charge in [-0.15, -0.1) is 0 Å². The van der Waals surface area contributed by atoms with Crippen molar-refractivity contribution in [3.63, 3.8) is 0 Å². The van der Waals surface area contributed by atoms with Crippen molar-refractivity contribution in [1.82, 2.24) is 15.2 Å². The number of hydrogen-bond donors (Lipinski definition) is 1. The number of carbonyl (C=O) groups excluding carboxylic acids is 1. The van der Waals surface area contributed by atoms with Crippen LogP contribution in [-0.4, -0.2) is 35.2 Å². The quantitative estimate of drug-likeness (QED) is 0.271. The van der Waals surface area contributed by atoms with E-state index in [-0.39, 0.29) is 12.1 Å². The average molecular weight is 500 g/mol. The highest BCUT2D eigenvalue weighted by Gasteiger charge is 2.41. The third-order valence-corrected chi connectivity index (χ3v) is 6.55. The smallest absolute Gasteiger partial charge is 0.337 e. The number of hydrogen-bond acceptors (Lipinski definition) is 6. The van der Waals surface area contributed by atoms with Crippen molar-refractivity contribution in [2.75, 3.05) is 14.2 Å². The minimum Gasteiger partial charge on any atom is -0.497 e. The number of esters is 1. The van der Waals surface area contributed by atoms with E-state index in [1.165, 1.54) is 7.11 Å². The summed E-state index contributed by atoms with van der Waals surface area (Å²) in [6.07, 6.45) is 1.77. The summed E-state index contributed by atoms with van der Waals surface area (Å²) in [4.78, 5) is 18.7. The number of aromatic nitrogens is 1. The Kier molecular flexibility index (Phi) is 6.69. The minimum atomic E-state index is -0.394. The zero-order valence-corrected chi connectivity index (χ0v) is 20.7. The second-order valence-electron chi connectivity index (χ2n) is 8.38. The lowest BCUT2D eigenvalue weighted by Gasteiger charge is -2.26. The van der Waals surface area contributed by atoms with Gasteiger partial charge in [-0.1, -0.05) is 30.3 Å². The third kappa shape index (κ3) is 4.67. The molecule has 4 aromatic rings. The molecule has 1 fully saturated rings. The van der Waals surface area contributed by atoms with Gasteiger partial charge in [-0.3, -0.25) is 4.98 Å². The zero-order chi connectivity index (χ0) is 25.1. The van der Waals surface area contributed by atoms with Gasteiger partial charge in [0.25, 0.3) is 0 Å². The van der Waals surface area contributed by atoms with Gasteiger partial charge in [-0.25, -0.2) is 4.79 Å². The molecule has 0 unspecified atom stereocenters. The number of carbonyl (C=O) groups is 1. The van der Waals surface area contributed by atoms with Crippen molar-refractivity contribution >= 4 is 23.3 Å². The fourth-order valence-electron chi connectivity index (χ4n) is 4.40. The lowest BCUT2D eigenvalue weighted by molar-refractivity contribution is 0.0601. The average Bonchev–Trinajstić information content (AvgIpc) is 3.54. The second-order valence-corrected chi connectivity index (χ2v) is 8.76. The molecule has 1 saturated heterocycles. The Bertz CT molecular complexity index is 1370. The Balaban J connectivity index is 1.51. The van der Waals surface area contributed by atoms with Crippen LogP contribution < -0.4 is 10.1 Å². The molecule has 2 aromatic heterocycles. The first-order chi connectivity index (χ1) is 17.6. The Hall–Kier alpha value is -4.17. The number of nitrogens with zero attached hydrogens (tertiary/aromatic N) is 2. The lowest BCUT2D eigenvalue weighted by atomic mass is 10.0. The van der Waals surface area contributed by atoms with Crippen molar-refractivity contribution in [1.29, 1.82) is 0 Å². The summed E-state index contributed by atoms with van der Waals surface area (Å²) in [5, 5.41) is 4.06. The summed E-state index contributed by atoms with van der Waals surface area (Å²) in [5.41, 5.74) is 3.20. The van der Waals surface area contributed by atoms with Gasteiger partial charge in [0, 0.05) is 18.3 Å². The molecule has 36 heavy (non-hydrogen) atoms. The Morgan fingerprint density at radius 3 is 2.61 bits per heavy atom. The van der Waals surface area contributed by atoms with Gasteiger partial charge in [0.15, 0.2) is 5.11 Å². The number of pyridine rings is 1. The predicted octanol–water partition coefficient (Wildman–Crippen LogP) is 5.31. The maximum absolute atomic E-state index is 12.0.